The Labute approximate surface area is 158 Å². The van der Waals surface area contributed by atoms with Crippen molar-refractivity contribution < 1.29 is 14.3 Å². The zero-order valence-electron chi connectivity index (χ0n) is 14.0. The summed E-state index contributed by atoms with van der Waals surface area (Å²) >= 11 is 3.32. The fraction of sp³-hybridized carbons (Fsp3) is 0.167. The van der Waals surface area contributed by atoms with E-state index in [4.69, 9.17) is 4.74 Å². The molecule has 26 heavy (non-hydrogen) atoms. The van der Waals surface area contributed by atoms with Gasteiger partial charge in [-0.1, -0.05) is 28.1 Å². The van der Waals surface area contributed by atoms with Gasteiger partial charge in [-0.3, -0.25) is 20.4 Å². The van der Waals surface area contributed by atoms with Crippen molar-refractivity contribution in [1.82, 2.24) is 20.4 Å². The molecule has 3 rings (SSSR count). The van der Waals surface area contributed by atoms with Crippen LogP contribution in [-0.2, 0) is 23.1 Å². The zero-order chi connectivity index (χ0) is 18.5. The van der Waals surface area contributed by atoms with Crippen LogP contribution in [0, 0.1) is 0 Å². The molecule has 0 fully saturated rings. The summed E-state index contributed by atoms with van der Waals surface area (Å²) in [6.45, 7) is -0.200. The van der Waals surface area contributed by atoms with Crippen LogP contribution in [0.4, 0.5) is 0 Å². The van der Waals surface area contributed by atoms with E-state index in [-0.39, 0.29) is 18.9 Å². The molecule has 2 N–H and O–H groups in total. The van der Waals surface area contributed by atoms with Crippen LogP contribution in [0.3, 0.4) is 0 Å². The molecule has 2 aromatic carbocycles. The maximum Gasteiger partial charge on any atom is 0.276 e. The second-order valence-corrected chi connectivity index (χ2v) is 6.51. The Hall–Kier alpha value is -2.87. The Morgan fingerprint density at radius 2 is 1.77 bits per heavy atom. The Bertz CT molecular complexity index is 937. The number of aromatic nitrogens is 2. The van der Waals surface area contributed by atoms with E-state index in [1.54, 1.807) is 12.1 Å². The molecule has 0 saturated heterocycles. The van der Waals surface area contributed by atoms with Crippen molar-refractivity contribution in [2.45, 2.75) is 6.42 Å². The molecule has 0 aliphatic carbocycles. The first-order valence-corrected chi connectivity index (χ1v) is 8.68. The third kappa shape index (κ3) is 4.40. The summed E-state index contributed by atoms with van der Waals surface area (Å²) in [4.78, 5) is 28.2. The standard InChI is InChI=1S/C18H17BrN4O3/c1-23-15-5-3-2-4-14(15)20-16(23)10-17(24)21-22-18(25)11-26-13-8-6-12(19)7-9-13/h2-9H,10-11H2,1H3,(H,21,24)(H,22,25). The fourth-order valence-electron chi connectivity index (χ4n) is 2.40. The van der Waals surface area contributed by atoms with Gasteiger partial charge >= 0.3 is 0 Å². The van der Waals surface area contributed by atoms with Crippen molar-refractivity contribution in [2.24, 2.45) is 7.05 Å². The van der Waals surface area contributed by atoms with E-state index in [0.29, 0.717) is 11.6 Å². The number of hydrogen-bond donors (Lipinski definition) is 2. The number of hydrazine groups is 1. The third-order valence-electron chi connectivity index (χ3n) is 3.72. The second kappa shape index (κ2) is 8.01. The number of amides is 2. The van der Waals surface area contributed by atoms with Gasteiger partial charge in [-0.2, -0.15) is 0 Å². The maximum absolute atomic E-state index is 12.0. The molecule has 1 heterocycles. The molecule has 0 aliphatic heterocycles. The van der Waals surface area contributed by atoms with E-state index in [0.717, 1.165) is 15.5 Å². The smallest absolute Gasteiger partial charge is 0.276 e. The molecule has 0 saturated carbocycles. The Kier molecular flexibility index (Phi) is 5.52. The van der Waals surface area contributed by atoms with Gasteiger partial charge in [0, 0.05) is 11.5 Å². The van der Waals surface area contributed by atoms with E-state index >= 15 is 0 Å². The van der Waals surface area contributed by atoms with E-state index in [2.05, 4.69) is 31.8 Å². The number of para-hydroxylation sites is 2. The second-order valence-electron chi connectivity index (χ2n) is 5.59. The molecule has 0 spiro atoms. The lowest BCUT2D eigenvalue weighted by Gasteiger charge is -2.09. The molecule has 0 atom stereocenters. The van der Waals surface area contributed by atoms with Gasteiger partial charge in [0.2, 0.25) is 5.91 Å². The number of nitrogens with zero attached hydrogens (tertiary/aromatic N) is 2. The van der Waals surface area contributed by atoms with Crippen LogP contribution >= 0.6 is 15.9 Å². The number of carbonyl (C=O) groups excluding carboxylic acids is 2. The summed E-state index contributed by atoms with van der Waals surface area (Å²) in [6.07, 6.45) is 0.0546. The van der Waals surface area contributed by atoms with Crippen molar-refractivity contribution >= 4 is 38.8 Å². The molecule has 0 radical (unpaired) electrons. The van der Waals surface area contributed by atoms with Gasteiger partial charge < -0.3 is 9.30 Å². The van der Waals surface area contributed by atoms with E-state index in [9.17, 15) is 9.59 Å². The molecule has 1 aromatic heterocycles. The minimum atomic E-state index is -0.453. The van der Waals surface area contributed by atoms with E-state index in [1.165, 1.54) is 0 Å². The average Bonchev–Trinajstić information content (AvgIpc) is 2.95. The summed E-state index contributed by atoms with van der Waals surface area (Å²) in [5.41, 5.74) is 6.47. The highest BCUT2D eigenvalue weighted by Gasteiger charge is 2.12. The van der Waals surface area contributed by atoms with Gasteiger partial charge in [0.05, 0.1) is 17.5 Å². The first-order valence-electron chi connectivity index (χ1n) is 7.89. The normalized spacial score (nSPS) is 10.5. The van der Waals surface area contributed by atoms with Crippen LogP contribution in [0.15, 0.2) is 53.0 Å². The number of benzene rings is 2. The van der Waals surface area contributed by atoms with Crippen molar-refractivity contribution in [1.29, 1.82) is 0 Å². The zero-order valence-corrected chi connectivity index (χ0v) is 15.6. The lowest BCUT2D eigenvalue weighted by molar-refractivity contribution is -0.129. The molecule has 0 aliphatic rings. The Morgan fingerprint density at radius 3 is 2.50 bits per heavy atom. The molecule has 3 aromatic rings. The Morgan fingerprint density at radius 1 is 1.08 bits per heavy atom. The number of hydrogen-bond acceptors (Lipinski definition) is 4. The summed E-state index contributed by atoms with van der Waals surface area (Å²) in [6, 6.07) is 14.7. The van der Waals surface area contributed by atoms with Gasteiger partial charge in [0.15, 0.2) is 6.61 Å². The van der Waals surface area contributed by atoms with Crippen LogP contribution in [0.25, 0.3) is 11.0 Å². The van der Waals surface area contributed by atoms with E-state index in [1.807, 2.05) is 48.0 Å². The summed E-state index contributed by atoms with van der Waals surface area (Å²) < 4.78 is 8.11. The van der Waals surface area contributed by atoms with Gasteiger partial charge in [-0.05, 0) is 36.4 Å². The van der Waals surface area contributed by atoms with Gasteiger partial charge in [-0.15, -0.1) is 0 Å². The number of imidazole rings is 1. The predicted octanol–water partition coefficient (Wildman–Crippen LogP) is 2.10. The van der Waals surface area contributed by atoms with Gasteiger partial charge in [0.1, 0.15) is 11.6 Å². The summed E-state index contributed by atoms with van der Waals surface area (Å²) in [5.74, 6) is 0.366. The van der Waals surface area contributed by atoms with E-state index < -0.39 is 5.91 Å². The highest BCUT2D eigenvalue weighted by molar-refractivity contribution is 9.10. The molecule has 7 nitrogen and oxygen atoms in total. The largest absolute Gasteiger partial charge is 0.484 e. The highest BCUT2D eigenvalue weighted by Crippen LogP contribution is 2.16. The number of halogens is 1. The first kappa shape index (κ1) is 17.9. The number of nitrogens with one attached hydrogen (secondary N) is 2. The van der Waals surface area contributed by atoms with Crippen LogP contribution < -0.4 is 15.6 Å². The van der Waals surface area contributed by atoms with Crippen molar-refractivity contribution in [3.63, 3.8) is 0 Å². The SMILES string of the molecule is Cn1c(CC(=O)NNC(=O)COc2ccc(Br)cc2)nc2ccccc21. The molecule has 0 bridgehead atoms. The maximum atomic E-state index is 12.0. The lowest BCUT2D eigenvalue weighted by atomic mass is 10.3. The van der Waals surface area contributed by atoms with Crippen LogP contribution in [0.1, 0.15) is 5.82 Å². The number of carbonyl (C=O) groups is 2. The number of ether oxygens (including phenoxy) is 1. The summed E-state index contributed by atoms with van der Waals surface area (Å²) in [5, 5.41) is 0. The molecule has 8 heteroatoms. The molecule has 134 valence electrons. The predicted molar refractivity (Wildman–Crippen MR) is 100 cm³/mol. The van der Waals surface area contributed by atoms with Crippen LogP contribution in [0.5, 0.6) is 5.75 Å². The topological polar surface area (TPSA) is 85.2 Å². The summed E-state index contributed by atoms with van der Waals surface area (Å²) in [7, 11) is 1.85. The van der Waals surface area contributed by atoms with Crippen LogP contribution in [-0.4, -0.2) is 28.0 Å². The lowest BCUT2D eigenvalue weighted by Crippen LogP contribution is -2.44. The number of aryl methyl sites for hydroxylation is 1. The molecule has 2 amide bonds. The van der Waals surface area contributed by atoms with Crippen molar-refractivity contribution in [3.8, 4) is 5.75 Å². The van der Waals surface area contributed by atoms with Crippen molar-refractivity contribution in [2.75, 3.05) is 6.61 Å². The number of fused-ring (bicyclic) bond motifs is 1. The highest BCUT2D eigenvalue weighted by atomic mass is 79.9. The van der Waals surface area contributed by atoms with Crippen molar-refractivity contribution in [3.05, 3.63) is 58.8 Å². The first-order chi connectivity index (χ1) is 12.5. The molecule has 0 unspecified atom stereocenters. The quantitative estimate of drug-likeness (QED) is 0.623. The van der Waals surface area contributed by atoms with Gasteiger partial charge in [-0.25, -0.2) is 4.98 Å². The van der Waals surface area contributed by atoms with Crippen LogP contribution in [0.2, 0.25) is 0 Å². The van der Waals surface area contributed by atoms with Gasteiger partial charge in [0.25, 0.3) is 5.91 Å². The fourth-order valence-corrected chi connectivity index (χ4v) is 2.66. The third-order valence-corrected chi connectivity index (χ3v) is 4.25. The Balaban J connectivity index is 1.48. The minimum absolute atomic E-state index is 0.0546. The number of rotatable bonds is 5. The minimum Gasteiger partial charge on any atom is -0.484 e. The molecular weight excluding hydrogens is 400 g/mol. The molecular formula is C18H17BrN4O3. The monoisotopic (exact) mass is 416 g/mol. The average molecular weight is 417 g/mol.